The molecule has 0 aliphatic carbocycles. The van der Waals surface area contributed by atoms with Gasteiger partial charge in [0.15, 0.2) is 0 Å². The molecule has 1 N–H and O–H groups in total. The molecule has 0 radical (unpaired) electrons. The molecular formula is C10H12FNO. The molecule has 1 fully saturated rings. The zero-order valence-electron chi connectivity index (χ0n) is 7.51. The summed E-state index contributed by atoms with van der Waals surface area (Å²) in [6, 6.07) is 5.02. The molecule has 2 rings (SSSR count). The molecular weight excluding hydrogens is 169 g/mol. The van der Waals surface area contributed by atoms with Crippen molar-refractivity contribution in [2.45, 2.75) is 12.5 Å². The van der Waals surface area contributed by atoms with Crippen LogP contribution in [0.1, 0.15) is 18.0 Å². The van der Waals surface area contributed by atoms with Gasteiger partial charge in [-0.05, 0) is 31.2 Å². The molecule has 0 unspecified atom stereocenters. The van der Waals surface area contributed by atoms with Crippen molar-refractivity contribution in [2.24, 2.45) is 0 Å². The fourth-order valence-electron chi connectivity index (χ4n) is 1.47. The minimum Gasteiger partial charge on any atom is -0.497 e. The quantitative estimate of drug-likeness (QED) is 0.752. The van der Waals surface area contributed by atoms with Gasteiger partial charge in [-0.25, -0.2) is 4.39 Å². The molecule has 0 bridgehead atoms. The summed E-state index contributed by atoms with van der Waals surface area (Å²) in [7, 11) is 1.59. The van der Waals surface area contributed by atoms with Crippen molar-refractivity contribution in [2.75, 3.05) is 13.7 Å². The van der Waals surface area contributed by atoms with Crippen LogP contribution in [0.3, 0.4) is 0 Å². The molecule has 1 atom stereocenters. The van der Waals surface area contributed by atoms with E-state index in [4.69, 9.17) is 4.74 Å². The second kappa shape index (κ2) is 3.34. The van der Waals surface area contributed by atoms with Crippen molar-refractivity contribution in [3.63, 3.8) is 0 Å². The van der Waals surface area contributed by atoms with Crippen LogP contribution in [0.25, 0.3) is 0 Å². The lowest BCUT2D eigenvalue weighted by Crippen LogP contribution is -2.35. The average Bonchev–Trinajstić information content (AvgIpc) is 2.06. The van der Waals surface area contributed by atoms with E-state index in [2.05, 4.69) is 5.32 Å². The molecule has 1 aromatic rings. The molecule has 0 spiro atoms. The first-order chi connectivity index (χ1) is 6.31. The molecule has 13 heavy (non-hydrogen) atoms. The monoisotopic (exact) mass is 181 g/mol. The summed E-state index contributed by atoms with van der Waals surface area (Å²) < 4.78 is 18.3. The van der Waals surface area contributed by atoms with Crippen LogP contribution < -0.4 is 10.1 Å². The van der Waals surface area contributed by atoms with Crippen LogP contribution in [0.5, 0.6) is 5.75 Å². The van der Waals surface area contributed by atoms with Crippen LogP contribution in [0, 0.1) is 5.82 Å². The van der Waals surface area contributed by atoms with E-state index in [0.717, 1.165) is 13.0 Å². The van der Waals surface area contributed by atoms with Gasteiger partial charge in [-0.15, -0.1) is 0 Å². The number of rotatable bonds is 2. The minimum absolute atomic E-state index is 0.155. The minimum atomic E-state index is -0.155. The van der Waals surface area contributed by atoms with E-state index in [1.165, 1.54) is 6.07 Å². The van der Waals surface area contributed by atoms with Crippen LogP contribution in [0.2, 0.25) is 0 Å². The predicted molar refractivity (Wildman–Crippen MR) is 48.3 cm³/mol. The summed E-state index contributed by atoms with van der Waals surface area (Å²) in [6.07, 6.45) is 1.00. The topological polar surface area (TPSA) is 21.3 Å². The zero-order valence-corrected chi connectivity index (χ0v) is 7.51. The maximum Gasteiger partial charge on any atom is 0.128 e. The zero-order chi connectivity index (χ0) is 9.26. The molecule has 0 saturated carbocycles. The Labute approximate surface area is 76.7 Å². The normalized spacial score (nSPS) is 20.9. The van der Waals surface area contributed by atoms with Crippen LogP contribution in [0.15, 0.2) is 18.2 Å². The van der Waals surface area contributed by atoms with E-state index in [1.807, 2.05) is 0 Å². The highest BCUT2D eigenvalue weighted by atomic mass is 19.1. The second-order valence-corrected chi connectivity index (χ2v) is 3.18. The largest absolute Gasteiger partial charge is 0.497 e. The summed E-state index contributed by atoms with van der Waals surface area (Å²) >= 11 is 0. The standard InChI is InChI=1S/C10H12FNO/c1-13-7-2-3-9(11)8(6-7)10-4-5-12-10/h2-3,6,10,12H,4-5H2,1H3/t10-/m1/s1. The maximum atomic E-state index is 13.3. The van der Waals surface area contributed by atoms with Crippen molar-refractivity contribution in [1.29, 1.82) is 0 Å². The van der Waals surface area contributed by atoms with Gasteiger partial charge < -0.3 is 10.1 Å². The lowest BCUT2D eigenvalue weighted by atomic mass is 9.97. The molecule has 1 aliphatic rings. The highest BCUT2D eigenvalue weighted by Gasteiger charge is 2.21. The van der Waals surface area contributed by atoms with E-state index in [9.17, 15) is 4.39 Å². The molecule has 3 heteroatoms. The molecule has 0 aromatic heterocycles. The van der Waals surface area contributed by atoms with E-state index in [1.54, 1.807) is 19.2 Å². The second-order valence-electron chi connectivity index (χ2n) is 3.18. The van der Waals surface area contributed by atoms with Crippen molar-refractivity contribution >= 4 is 0 Å². The first kappa shape index (κ1) is 8.51. The van der Waals surface area contributed by atoms with Crippen molar-refractivity contribution in [1.82, 2.24) is 5.32 Å². The Hall–Kier alpha value is -1.09. The maximum absolute atomic E-state index is 13.3. The van der Waals surface area contributed by atoms with Gasteiger partial charge in [-0.1, -0.05) is 0 Å². The Bertz CT molecular complexity index is 310. The van der Waals surface area contributed by atoms with Crippen molar-refractivity contribution in [3.8, 4) is 5.75 Å². The van der Waals surface area contributed by atoms with Gasteiger partial charge >= 0.3 is 0 Å². The molecule has 0 amide bonds. The summed E-state index contributed by atoms with van der Waals surface area (Å²) in [4.78, 5) is 0. The van der Waals surface area contributed by atoms with Crippen LogP contribution in [-0.2, 0) is 0 Å². The molecule has 1 aromatic carbocycles. The fourth-order valence-corrected chi connectivity index (χ4v) is 1.47. The number of halogens is 1. The Morgan fingerprint density at radius 2 is 2.31 bits per heavy atom. The fraction of sp³-hybridized carbons (Fsp3) is 0.400. The molecule has 2 nitrogen and oxygen atoms in total. The highest BCUT2D eigenvalue weighted by molar-refractivity contribution is 5.32. The molecule has 70 valence electrons. The lowest BCUT2D eigenvalue weighted by Gasteiger charge is -2.28. The van der Waals surface area contributed by atoms with Gasteiger partial charge in [0, 0.05) is 11.6 Å². The number of methoxy groups -OCH3 is 1. The SMILES string of the molecule is COc1ccc(F)c([C@H]2CCN2)c1. The van der Waals surface area contributed by atoms with Gasteiger partial charge in [0.1, 0.15) is 11.6 Å². The van der Waals surface area contributed by atoms with E-state index in [0.29, 0.717) is 11.3 Å². The summed E-state index contributed by atoms with van der Waals surface area (Å²) in [6.45, 7) is 0.974. The van der Waals surface area contributed by atoms with E-state index in [-0.39, 0.29) is 11.9 Å². The first-order valence-corrected chi connectivity index (χ1v) is 4.38. The smallest absolute Gasteiger partial charge is 0.128 e. The third kappa shape index (κ3) is 1.52. The Morgan fingerprint density at radius 1 is 1.54 bits per heavy atom. The van der Waals surface area contributed by atoms with Crippen molar-refractivity contribution < 1.29 is 9.13 Å². The Kier molecular flexibility index (Phi) is 2.19. The third-order valence-electron chi connectivity index (χ3n) is 2.40. The predicted octanol–water partition coefficient (Wildman–Crippen LogP) is 1.87. The van der Waals surface area contributed by atoms with Crippen molar-refractivity contribution in [3.05, 3.63) is 29.6 Å². The van der Waals surface area contributed by atoms with Crippen LogP contribution in [0.4, 0.5) is 4.39 Å². The van der Waals surface area contributed by atoms with Gasteiger partial charge in [-0.3, -0.25) is 0 Å². The number of ether oxygens (including phenoxy) is 1. The van der Waals surface area contributed by atoms with Gasteiger partial charge in [0.25, 0.3) is 0 Å². The van der Waals surface area contributed by atoms with Crippen LogP contribution >= 0.6 is 0 Å². The molecule has 1 aliphatic heterocycles. The Balaban J connectivity index is 2.30. The van der Waals surface area contributed by atoms with E-state index >= 15 is 0 Å². The number of nitrogens with one attached hydrogen (secondary N) is 1. The summed E-state index contributed by atoms with van der Waals surface area (Å²) in [5.74, 6) is 0.558. The molecule has 1 heterocycles. The van der Waals surface area contributed by atoms with Gasteiger partial charge in [-0.2, -0.15) is 0 Å². The number of benzene rings is 1. The summed E-state index contributed by atoms with van der Waals surface area (Å²) in [5.41, 5.74) is 0.714. The van der Waals surface area contributed by atoms with Gasteiger partial charge in [0.05, 0.1) is 7.11 Å². The number of hydrogen-bond donors (Lipinski definition) is 1. The molecule has 1 saturated heterocycles. The average molecular weight is 181 g/mol. The summed E-state index contributed by atoms with van der Waals surface area (Å²) in [5, 5.41) is 3.16. The van der Waals surface area contributed by atoms with Crippen LogP contribution in [-0.4, -0.2) is 13.7 Å². The Morgan fingerprint density at radius 3 is 2.85 bits per heavy atom. The number of hydrogen-bond acceptors (Lipinski definition) is 2. The van der Waals surface area contributed by atoms with Gasteiger partial charge in [0.2, 0.25) is 0 Å². The third-order valence-corrected chi connectivity index (χ3v) is 2.40. The first-order valence-electron chi connectivity index (χ1n) is 4.38. The highest BCUT2D eigenvalue weighted by Crippen LogP contribution is 2.28. The van der Waals surface area contributed by atoms with E-state index < -0.39 is 0 Å². The lowest BCUT2D eigenvalue weighted by molar-refractivity contribution is 0.365.